The van der Waals surface area contributed by atoms with E-state index in [4.69, 9.17) is 0 Å². The lowest BCUT2D eigenvalue weighted by Crippen LogP contribution is -2.35. The molecule has 2 heteroatoms. The topological polar surface area (TPSA) is 16.8 Å². The van der Waals surface area contributed by atoms with Gasteiger partial charge in [-0.2, -0.15) is 4.57 Å². The van der Waals surface area contributed by atoms with Gasteiger partial charge in [0.05, 0.1) is 5.39 Å². The number of nitrogens with zero attached hydrogens (tertiary/aromatic N) is 2. The van der Waals surface area contributed by atoms with Crippen molar-refractivity contribution in [2.75, 3.05) is 0 Å². The smallest absolute Gasteiger partial charge is 0.220 e. The summed E-state index contributed by atoms with van der Waals surface area (Å²) in [6, 6.07) is 20.4. The fraction of sp³-hybridized carbons (Fsp3) is 0.310. The van der Waals surface area contributed by atoms with Gasteiger partial charge in [0.15, 0.2) is 5.69 Å². The maximum atomic E-state index is 4.30. The molecule has 0 atom stereocenters. The second-order valence-corrected chi connectivity index (χ2v) is 9.15. The first-order valence-corrected chi connectivity index (χ1v) is 11.6. The molecule has 1 saturated carbocycles. The second kappa shape index (κ2) is 8.26. The highest BCUT2D eigenvalue weighted by Gasteiger charge is 2.22. The molecule has 0 amide bonds. The van der Waals surface area contributed by atoms with Crippen LogP contribution in [0.2, 0.25) is 0 Å². The van der Waals surface area contributed by atoms with Crippen molar-refractivity contribution >= 4 is 10.8 Å². The van der Waals surface area contributed by atoms with Gasteiger partial charge in [-0.25, -0.2) is 0 Å². The van der Waals surface area contributed by atoms with Crippen LogP contribution in [-0.4, -0.2) is 4.98 Å². The number of rotatable bonds is 3. The first kappa shape index (κ1) is 19.9. The van der Waals surface area contributed by atoms with Crippen LogP contribution in [0.15, 0.2) is 67.0 Å². The molecule has 0 bridgehead atoms. The molecule has 1 fully saturated rings. The molecule has 0 unspecified atom stereocenters. The van der Waals surface area contributed by atoms with Crippen LogP contribution in [0.1, 0.15) is 54.8 Å². The van der Waals surface area contributed by atoms with E-state index in [0.29, 0.717) is 5.92 Å². The van der Waals surface area contributed by atoms with E-state index in [1.165, 1.54) is 76.5 Å². The molecule has 4 aromatic rings. The van der Waals surface area contributed by atoms with Crippen LogP contribution in [-0.2, 0) is 7.05 Å². The molecule has 2 nitrogen and oxygen atoms in total. The Morgan fingerprint density at radius 3 is 2.48 bits per heavy atom. The zero-order chi connectivity index (χ0) is 21.4. The Labute approximate surface area is 185 Å². The maximum Gasteiger partial charge on any atom is 0.220 e. The minimum atomic E-state index is 0.715. The van der Waals surface area contributed by atoms with Gasteiger partial charge in [-0.15, -0.1) is 0 Å². The number of benzene rings is 2. The molecule has 0 saturated heterocycles. The quantitative estimate of drug-likeness (QED) is 0.332. The first-order valence-electron chi connectivity index (χ1n) is 11.6. The highest BCUT2D eigenvalue weighted by Crippen LogP contribution is 2.37. The number of hydrogen-bond acceptors (Lipinski definition) is 1. The van der Waals surface area contributed by atoms with E-state index in [0.717, 1.165) is 5.56 Å². The second-order valence-electron chi connectivity index (χ2n) is 9.15. The number of aromatic nitrogens is 2. The van der Waals surface area contributed by atoms with Crippen molar-refractivity contribution in [1.82, 2.24) is 4.98 Å². The number of pyridine rings is 2. The third-order valence-electron chi connectivity index (χ3n) is 7.12. The van der Waals surface area contributed by atoms with E-state index in [9.17, 15) is 0 Å². The van der Waals surface area contributed by atoms with Crippen LogP contribution in [0.5, 0.6) is 0 Å². The van der Waals surface area contributed by atoms with Gasteiger partial charge in [0.25, 0.3) is 0 Å². The van der Waals surface area contributed by atoms with Crippen molar-refractivity contribution < 1.29 is 4.57 Å². The van der Waals surface area contributed by atoms with Crippen LogP contribution in [0.25, 0.3) is 33.2 Å². The average Bonchev–Trinajstić information content (AvgIpc) is 2.81. The van der Waals surface area contributed by atoms with Gasteiger partial charge in [-0.3, -0.25) is 4.98 Å². The molecule has 0 spiro atoms. The van der Waals surface area contributed by atoms with Gasteiger partial charge in [-0.05, 0) is 72.0 Å². The van der Waals surface area contributed by atoms with E-state index < -0.39 is 0 Å². The fourth-order valence-corrected chi connectivity index (χ4v) is 5.20. The van der Waals surface area contributed by atoms with Gasteiger partial charge < -0.3 is 0 Å². The Morgan fingerprint density at radius 1 is 0.871 bits per heavy atom. The predicted molar refractivity (Wildman–Crippen MR) is 129 cm³/mol. The van der Waals surface area contributed by atoms with Crippen molar-refractivity contribution in [3.8, 4) is 22.4 Å². The molecule has 0 radical (unpaired) electrons. The number of hydrogen-bond donors (Lipinski definition) is 0. The molecular weight excluding hydrogens is 376 g/mol. The largest absolute Gasteiger partial charge is 0.264 e. The summed E-state index contributed by atoms with van der Waals surface area (Å²) >= 11 is 0. The van der Waals surface area contributed by atoms with Crippen LogP contribution < -0.4 is 4.57 Å². The van der Waals surface area contributed by atoms with Crippen LogP contribution >= 0.6 is 0 Å². The van der Waals surface area contributed by atoms with E-state index in [2.05, 4.69) is 79.0 Å². The molecule has 0 N–H and O–H groups in total. The Kier molecular flexibility index (Phi) is 5.31. The zero-order valence-corrected chi connectivity index (χ0v) is 18.9. The summed E-state index contributed by atoms with van der Waals surface area (Å²) in [6.07, 6.45) is 10.6. The minimum Gasteiger partial charge on any atom is -0.264 e. The minimum absolute atomic E-state index is 0.715. The molecule has 2 aromatic heterocycles. The van der Waals surface area contributed by atoms with Crippen LogP contribution in [0.3, 0.4) is 0 Å². The van der Waals surface area contributed by atoms with Crippen molar-refractivity contribution in [3.63, 3.8) is 0 Å². The normalized spacial score (nSPS) is 14.8. The molecule has 0 aliphatic heterocycles. The number of fused-ring (bicyclic) bond motifs is 1. The Bertz CT molecular complexity index is 1230. The Hall–Kier alpha value is -3.00. The lowest BCUT2D eigenvalue weighted by molar-refractivity contribution is -0.665. The summed E-state index contributed by atoms with van der Waals surface area (Å²) in [6.45, 7) is 4.46. The first-order chi connectivity index (χ1) is 15.1. The molecule has 1 aliphatic carbocycles. The predicted octanol–water partition coefficient (Wildman–Crippen LogP) is 7.06. The van der Waals surface area contributed by atoms with Gasteiger partial charge >= 0.3 is 0 Å². The maximum absolute atomic E-state index is 4.30. The van der Waals surface area contributed by atoms with E-state index in [1.54, 1.807) is 0 Å². The van der Waals surface area contributed by atoms with Gasteiger partial charge in [-0.1, -0.05) is 43.5 Å². The molecule has 156 valence electrons. The molecule has 1 aliphatic rings. The highest BCUT2D eigenvalue weighted by atomic mass is 14.9. The van der Waals surface area contributed by atoms with E-state index in [-0.39, 0.29) is 0 Å². The fourth-order valence-electron chi connectivity index (χ4n) is 5.20. The third-order valence-corrected chi connectivity index (χ3v) is 7.12. The van der Waals surface area contributed by atoms with Crippen molar-refractivity contribution in [3.05, 3.63) is 83.8 Å². The lowest BCUT2D eigenvalue weighted by Gasteiger charge is -2.23. The summed E-state index contributed by atoms with van der Waals surface area (Å²) in [7, 11) is 2.20. The van der Waals surface area contributed by atoms with Crippen LogP contribution in [0, 0.1) is 13.8 Å². The van der Waals surface area contributed by atoms with Crippen molar-refractivity contribution in [2.24, 2.45) is 7.05 Å². The van der Waals surface area contributed by atoms with Crippen LogP contribution in [0.4, 0.5) is 0 Å². The van der Waals surface area contributed by atoms with Crippen molar-refractivity contribution in [1.29, 1.82) is 0 Å². The zero-order valence-electron chi connectivity index (χ0n) is 18.9. The Balaban J connectivity index is 1.68. The summed E-state index contributed by atoms with van der Waals surface area (Å²) in [4.78, 5) is 4.30. The SMILES string of the molecule is Cc1ccc(C2CCCCC2)cc1-c1c2ccc(-c3cccnc3)cc2cc(C)[n+]1C. The van der Waals surface area contributed by atoms with E-state index in [1.807, 2.05) is 18.5 Å². The third kappa shape index (κ3) is 3.76. The number of aryl methyl sites for hydroxylation is 2. The van der Waals surface area contributed by atoms with E-state index >= 15 is 0 Å². The Morgan fingerprint density at radius 2 is 1.71 bits per heavy atom. The lowest BCUT2D eigenvalue weighted by atomic mass is 9.82. The summed E-state index contributed by atoms with van der Waals surface area (Å²) < 4.78 is 2.36. The summed E-state index contributed by atoms with van der Waals surface area (Å²) in [5, 5.41) is 2.60. The standard InChI is InChI=1S/C29H31N2/c1-20-11-12-24(22-8-5-4-6-9-22)18-28(20)29-27-14-13-23(25-10-7-15-30-19-25)17-26(27)16-21(2)31(29)3/h7,10-19,22H,4-6,8-9H2,1-3H3/q+1. The molecular formula is C29H31N2+. The van der Waals surface area contributed by atoms with Gasteiger partial charge in [0, 0.05) is 36.5 Å². The molecule has 2 heterocycles. The highest BCUT2D eigenvalue weighted by molar-refractivity contribution is 5.96. The molecule has 31 heavy (non-hydrogen) atoms. The summed E-state index contributed by atoms with van der Waals surface area (Å²) in [5.41, 5.74) is 9.20. The van der Waals surface area contributed by atoms with Gasteiger partial charge in [0.1, 0.15) is 7.05 Å². The molecule has 2 aromatic carbocycles. The molecule has 5 rings (SSSR count). The summed E-state index contributed by atoms with van der Waals surface area (Å²) in [5.74, 6) is 0.715. The van der Waals surface area contributed by atoms with Crippen molar-refractivity contribution in [2.45, 2.75) is 51.9 Å². The van der Waals surface area contributed by atoms with Gasteiger partial charge in [0.2, 0.25) is 5.69 Å². The monoisotopic (exact) mass is 407 g/mol. The average molecular weight is 408 g/mol.